The highest BCUT2D eigenvalue weighted by Gasteiger charge is 2.16. The van der Waals surface area contributed by atoms with Crippen molar-refractivity contribution in [2.75, 3.05) is 5.88 Å². The van der Waals surface area contributed by atoms with E-state index in [4.69, 9.17) is 11.6 Å². The van der Waals surface area contributed by atoms with E-state index in [0.29, 0.717) is 17.5 Å². The molecule has 3 nitrogen and oxygen atoms in total. The fourth-order valence-corrected chi connectivity index (χ4v) is 1.92. The van der Waals surface area contributed by atoms with Crippen LogP contribution in [-0.4, -0.2) is 22.8 Å². The molecule has 14 heavy (non-hydrogen) atoms. The van der Waals surface area contributed by atoms with Crippen LogP contribution in [0.2, 0.25) is 0 Å². The Kier molecular flexibility index (Phi) is 4.35. The highest BCUT2D eigenvalue weighted by atomic mass is 35.5. The van der Waals surface area contributed by atoms with Crippen molar-refractivity contribution in [2.24, 2.45) is 5.92 Å². The van der Waals surface area contributed by atoms with Gasteiger partial charge in [0.05, 0.1) is 5.51 Å². The second-order valence-electron chi connectivity index (χ2n) is 3.35. The zero-order valence-corrected chi connectivity index (χ0v) is 9.73. The second-order valence-corrected chi connectivity index (χ2v) is 4.38. The molecule has 0 spiro atoms. The van der Waals surface area contributed by atoms with E-state index in [0.717, 1.165) is 0 Å². The van der Waals surface area contributed by atoms with Crippen LogP contribution in [0.15, 0.2) is 10.9 Å². The van der Waals surface area contributed by atoms with Crippen molar-refractivity contribution in [3.8, 4) is 0 Å². The van der Waals surface area contributed by atoms with Crippen LogP contribution < -0.4 is 5.32 Å². The van der Waals surface area contributed by atoms with E-state index < -0.39 is 0 Å². The second kappa shape index (κ2) is 5.32. The lowest BCUT2D eigenvalue weighted by atomic mass is 10.1. The third-order valence-corrected chi connectivity index (χ3v) is 2.87. The van der Waals surface area contributed by atoms with Gasteiger partial charge in [0.25, 0.3) is 5.91 Å². The van der Waals surface area contributed by atoms with Crippen LogP contribution in [0, 0.1) is 5.92 Å². The largest absolute Gasteiger partial charge is 0.346 e. The molecule has 0 fully saturated rings. The Hall–Kier alpha value is -0.610. The highest BCUT2D eigenvalue weighted by Crippen LogP contribution is 2.06. The monoisotopic (exact) mass is 232 g/mol. The van der Waals surface area contributed by atoms with Crippen LogP contribution >= 0.6 is 22.9 Å². The van der Waals surface area contributed by atoms with E-state index in [2.05, 4.69) is 10.3 Å². The number of aromatic nitrogens is 1. The minimum atomic E-state index is -0.148. The number of halogens is 1. The van der Waals surface area contributed by atoms with Crippen molar-refractivity contribution in [3.05, 3.63) is 16.6 Å². The first-order chi connectivity index (χ1) is 6.65. The number of nitrogens with zero attached hydrogens (tertiary/aromatic N) is 1. The zero-order chi connectivity index (χ0) is 10.6. The fraction of sp³-hybridized carbons (Fsp3) is 0.556. The van der Waals surface area contributed by atoms with Crippen molar-refractivity contribution in [1.82, 2.24) is 10.3 Å². The summed E-state index contributed by atoms with van der Waals surface area (Å²) in [5.41, 5.74) is 2.10. The van der Waals surface area contributed by atoms with Gasteiger partial charge in [0, 0.05) is 17.3 Å². The molecular weight excluding hydrogens is 220 g/mol. The van der Waals surface area contributed by atoms with Crippen molar-refractivity contribution in [1.29, 1.82) is 0 Å². The van der Waals surface area contributed by atoms with Crippen LogP contribution in [0.3, 0.4) is 0 Å². The lowest BCUT2D eigenvalue weighted by molar-refractivity contribution is 0.0927. The maximum absolute atomic E-state index is 11.6. The third-order valence-electron chi connectivity index (χ3n) is 1.95. The summed E-state index contributed by atoms with van der Waals surface area (Å²) in [6.07, 6.45) is 0. The standard InChI is InChI=1S/C9H13ClN2OS/c1-6(2)7(3-10)12-9(13)8-4-14-5-11-8/h4-7H,3H2,1-2H3,(H,12,13). The Morgan fingerprint density at radius 1 is 1.71 bits per heavy atom. The molecule has 1 aromatic heterocycles. The minimum absolute atomic E-state index is 0.00543. The first-order valence-corrected chi connectivity index (χ1v) is 5.88. The van der Waals surface area contributed by atoms with Gasteiger partial charge in [-0.05, 0) is 5.92 Å². The maximum atomic E-state index is 11.6. The number of hydrogen-bond acceptors (Lipinski definition) is 3. The molecule has 1 unspecified atom stereocenters. The Morgan fingerprint density at radius 2 is 2.43 bits per heavy atom. The molecule has 0 aliphatic carbocycles. The average Bonchev–Trinajstić information content (AvgIpc) is 2.65. The first-order valence-electron chi connectivity index (χ1n) is 4.40. The number of rotatable bonds is 4. The normalized spacial score (nSPS) is 12.9. The number of hydrogen-bond donors (Lipinski definition) is 1. The van der Waals surface area contributed by atoms with Crippen molar-refractivity contribution in [2.45, 2.75) is 19.9 Å². The Labute approximate surface area is 92.5 Å². The molecule has 1 heterocycles. The van der Waals surface area contributed by atoms with Gasteiger partial charge >= 0.3 is 0 Å². The minimum Gasteiger partial charge on any atom is -0.346 e. The SMILES string of the molecule is CC(C)C(CCl)NC(=O)c1cscn1. The highest BCUT2D eigenvalue weighted by molar-refractivity contribution is 7.07. The van der Waals surface area contributed by atoms with Gasteiger partial charge in [0.15, 0.2) is 0 Å². The molecular formula is C9H13ClN2OS. The van der Waals surface area contributed by atoms with Gasteiger partial charge in [-0.3, -0.25) is 4.79 Å². The summed E-state index contributed by atoms with van der Waals surface area (Å²) in [5, 5.41) is 4.56. The Morgan fingerprint density at radius 3 is 2.86 bits per heavy atom. The molecule has 1 aromatic rings. The van der Waals surface area contributed by atoms with E-state index in [9.17, 15) is 4.79 Å². The summed E-state index contributed by atoms with van der Waals surface area (Å²) in [5.74, 6) is 0.605. The molecule has 1 N–H and O–H groups in total. The topological polar surface area (TPSA) is 42.0 Å². The van der Waals surface area contributed by atoms with E-state index in [-0.39, 0.29) is 11.9 Å². The number of carbonyl (C=O) groups is 1. The van der Waals surface area contributed by atoms with Crippen LogP contribution in [0.1, 0.15) is 24.3 Å². The molecule has 78 valence electrons. The first kappa shape index (κ1) is 11.5. The van der Waals surface area contributed by atoms with Crippen LogP contribution in [-0.2, 0) is 0 Å². The van der Waals surface area contributed by atoms with Crippen molar-refractivity contribution < 1.29 is 4.79 Å². The molecule has 1 atom stereocenters. The number of carbonyl (C=O) groups excluding carboxylic acids is 1. The number of thiazole rings is 1. The third kappa shape index (κ3) is 2.96. The van der Waals surface area contributed by atoms with Gasteiger partial charge in [-0.2, -0.15) is 0 Å². The molecule has 0 aliphatic rings. The van der Waals surface area contributed by atoms with Gasteiger partial charge in [-0.15, -0.1) is 22.9 Å². The number of alkyl halides is 1. The molecule has 0 saturated heterocycles. The summed E-state index contributed by atoms with van der Waals surface area (Å²) in [6.45, 7) is 4.04. The summed E-state index contributed by atoms with van der Waals surface area (Å²) < 4.78 is 0. The van der Waals surface area contributed by atoms with Crippen molar-refractivity contribution >= 4 is 28.8 Å². The lowest BCUT2D eigenvalue weighted by Gasteiger charge is -2.18. The van der Waals surface area contributed by atoms with Gasteiger partial charge in [-0.1, -0.05) is 13.8 Å². The van der Waals surface area contributed by atoms with Crippen molar-refractivity contribution in [3.63, 3.8) is 0 Å². The molecule has 0 aromatic carbocycles. The molecule has 5 heteroatoms. The number of nitrogens with one attached hydrogen (secondary N) is 1. The van der Waals surface area contributed by atoms with E-state index in [1.807, 2.05) is 13.8 Å². The fourth-order valence-electron chi connectivity index (χ4n) is 0.950. The maximum Gasteiger partial charge on any atom is 0.271 e. The van der Waals surface area contributed by atoms with E-state index >= 15 is 0 Å². The van der Waals surface area contributed by atoms with Gasteiger partial charge in [0.1, 0.15) is 5.69 Å². The van der Waals surface area contributed by atoms with E-state index in [1.165, 1.54) is 11.3 Å². The lowest BCUT2D eigenvalue weighted by Crippen LogP contribution is -2.39. The van der Waals surface area contributed by atoms with Crippen LogP contribution in [0.5, 0.6) is 0 Å². The Balaban J connectivity index is 2.56. The summed E-state index contributed by atoms with van der Waals surface area (Å²) in [4.78, 5) is 15.5. The average molecular weight is 233 g/mol. The molecule has 0 bridgehead atoms. The van der Waals surface area contributed by atoms with Crippen LogP contribution in [0.25, 0.3) is 0 Å². The summed E-state index contributed by atoms with van der Waals surface area (Å²) in [7, 11) is 0. The van der Waals surface area contributed by atoms with Gasteiger partial charge in [-0.25, -0.2) is 4.98 Å². The molecule has 0 aliphatic heterocycles. The molecule has 1 rings (SSSR count). The van der Waals surface area contributed by atoms with E-state index in [1.54, 1.807) is 10.9 Å². The summed E-state index contributed by atoms with van der Waals surface area (Å²) in [6, 6.07) is 0.00543. The quantitative estimate of drug-likeness (QED) is 0.809. The molecule has 0 radical (unpaired) electrons. The van der Waals surface area contributed by atoms with Gasteiger partial charge < -0.3 is 5.32 Å². The predicted molar refractivity (Wildman–Crippen MR) is 58.9 cm³/mol. The molecule has 0 saturated carbocycles. The summed E-state index contributed by atoms with van der Waals surface area (Å²) >= 11 is 7.14. The van der Waals surface area contributed by atoms with Crippen LogP contribution in [0.4, 0.5) is 0 Å². The smallest absolute Gasteiger partial charge is 0.271 e. The predicted octanol–water partition coefficient (Wildman–Crippen LogP) is 2.14. The zero-order valence-electron chi connectivity index (χ0n) is 8.16. The Bertz CT molecular complexity index is 287. The molecule has 1 amide bonds. The number of amides is 1. The van der Waals surface area contributed by atoms with Gasteiger partial charge in [0.2, 0.25) is 0 Å².